The van der Waals surface area contributed by atoms with E-state index in [4.69, 9.17) is 4.42 Å². The zero-order chi connectivity index (χ0) is 23.4. The molecule has 0 aliphatic carbocycles. The van der Waals surface area contributed by atoms with Crippen molar-refractivity contribution >= 4 is 34.4 Å². The lowest BCUT2D eigenvalue weighted by Crippen LogP contribution is -2.22. The maximum atomic E-state index is 12.3. The summed E-state index contributed by atoms with van der Waals surface area (Å²) in [6.07, 6.45) is 1.14. The Morgan fingerprint density at radius 2 is 2.03 bits per heavy atom. The Kier molecular flexibility index (Phi) is 5.97. The predicted octanol–water partition coefficient (Wildman–Crippen LogP) is 2.56. The van der Waals surface area contributed by atoms with Crippen LogP contribution in [0.2, 0.25) is 0 Å². The van der Waals surface area contributed by atoms with Crippen LogP contribution in [0.5, 0.6) is 11.5 Å². The number of phenolic OH excluding ortho intramolecular Hbond substituents is 1. The molecule has 2 aromatic carbocycles. The number of hydrogen-bond donors (Lipinski definition) is 3. The second-order valence-corrected chi connectivity index (χ2v) is 6.45. The number of nitro groups is 1. The Bertz CT molecular complexity index is 1410. The number of carbonyl (C=O) groups is 1. The zero-order valence-corrected chi connectivity index (χ0v) is 16.4. The Morgan fingerprint density at radius 3 is 2.72 bits per heavy atom. The fraction of sp³-hybridized carbons (Fsp3) is 0.0476. The van der Waals surface area contributed by atoms with E-state index < -0.39 is 27.8 Å². The molecule has 0 saturated carbocycles. The minimum Gasteiger partial charge on any atom is -0.508 e. The number of nitrogens with zero attached hydrogens (tertiary/aromatic N) is 3. The minimum atomic E-state index is -0.955. The van der Waals surface area contributed by atoms with Gasteiger partial charge in [0.1, 0.15) is 34.3 Å². The molecule has 11 nitrogen and oxygen atoms in total. The average molecular weight is 434 g/mol. The lowest BCUT2D eigenvalue weighted by Gasteiger charge is -2.07. The van der Waals surface area contributed by atoms with Crippen LogP contribution in [-0.2, 0) is 4.79 Å². The highest BCUT2D eigenvalue weighted by atomic mass is 16.6. The van der Waals surface area contributed by atoms with Crippen LogP contribution >= 0.6 is 0 Å². The molecule has 0 fully saturated rings. The number of nitriles is 1. The van der Waals surface area contributed by atoms with Crippen LogP contribution in [0.3, 0.4) is 0 Å². The molecule has 1 amide bonds. The largest absolute Gasteiger partial charge is 0.508 e. The second-order valence-electron chi connectivity index (χ2n) is 6.45. The summed E-state index contributed by atoms with van der Waals surface area (Å²) in [4.78, 5) is 34.8. The minimum absolute atomic E-state index is 0.0419. The Balaban J connectivity index is 1.90. The van der Waals surface area contributed by atoms with Crippen LogP contribution in [0.4, 0.5) is 5.69 Å². The van der Waals surface area contributed by atoms with E-state index in [1.165, 1.54) is 43.3 Å². The summed E-state index contributed by atoms with van der Waals surface area (Å²) in [6.45, 7) is 1.33. The Morgan fingerprint density at radius 1 is 1.28 bits per heavy atom. The molecule has 3 N–H and O–H groups in total. The van der Waals surface area contributed by atoms with E-state index in [0.717, 1.165) is 12.1 Å². The molecule has 32 heavy (non-hydrogen) atoms. The number of nitrogens with one attached hydrogen (secondary N) is 1. The normalized spacial score (nSPS) is 11.8. The number of carbonyl (C=O) groups excluding carboxylic acids is 1. The number of rotatable bonds is 5. The summed E-state index contributed by atoms with van der Waals surface area (Å²) in [5.74, 6) is -1.56. The molecule has 0 aliphatic heterocycles. The first-order chi connectivity index (χ1) is 15.2. The molecule has 1 heterocycles. The summed E-state index contributed by atoms with van der Waals surface area (Å²) in [5, 5.41) is 43.9. The van der Waals surface area contributed by atoms with E-state index >= 15 is 0 Å². The first-order valence-electron chi connectivity index (χ1n) is 8.91. The number of hydrazone groups is 1. The van der Waals surface area contributed by atoms with Gasteiger partial charge in [-0.3, -0.25) is 14.9 Å². The Labute approximate surface area is 179 Å². The van der Waals surface area contributed by atoms with Crippen LogP contribution < -0.4 is 11.1 Å². The van der Waals surface area contributed by atoms with Crippen molar-refractivity contribution < 1.29 is 24.3 Å². The fourth-order valence-corrected chi connectivity index (χ4v) is 2.79. The molecule has 0 atom stereocenters. The number of non-ortho nitro benzene ring substituents is 1. The zero-order valence-electron chi connectivity index (χ0n) is 16.4. The first kappa shape index (κ1) is 21.7. The SMILES string of the molecule is C/C(=N\NC(=O)/C(C#N)=C/c1cccc([N+](=O)[O-])c1)c1c(O)c2ccc(O)cc2oc1=O. The third-order valence-electron chi connectivity index (χ3n) is 4.31. The van der Waals surface area contributed by atoms with Crippen LogP contribution in [0.15, 0.2) is 62.4 Å². The molecule has 3 aromatic rings. The van der Waals surface area contributed by atoms with E-state index in [-0.39, 0.29) is 39.2 Å². The maximum Gasteiger partial charge on any atom is 0.349 e. The maximum absolute atomic E-state index is 12.3. The summed E-state index contributed by atoms with van der Waals surface area (Å²) >= 11 is 0. The van der Waals surface area contributed by atoms with Gasteiger partial charge in [-0.15, -0.1) is 0 Å². The quantitative estimate of drug-likeness (QED) is 0.137. The van der Waals surface area contributed by atoms with Crippen molar-refractivity contribution in [2.24, 2.45) is 5.10 Å². The molecule has 0 spiro atoms. The van der Waals surface area contributed by atoms with Gasteiger partial charge in [0.15, 0.2) is 0 Å². The standard InChI is InChI=1S/C21H14N4O7/c1-11(18-19(27)16-6-5-15(26)9-17(16)32-21(18)29)23-24-20(28)13(10-22)7-12-3-2-4-14(8-12)25(30)31/h2-9,26-27H,1H3,(H,24,28)/b13-7+,23-11+. The van der Waals surface area contributed by atoms with E-state index in [1.54, 1.807) is 6.07 Å². The smallest absolute Gasteiger partial charge is 0.349 e. The van der Waals surface area contributed by atoms with Gasteiger partial charge in [0.2, 0.25) is 0 Å². The van der Waals surface area contributed by atoms with Gasteiger partial charge in [0, 0.05) is 18.2 Å². The Hall–Kier alpha value is -4.98. The molecule has 1 aromatic heterocycles. The number of benzene rings is 2. The highest BCUT2D eigenvalue weighted by Crippen LogP contribution is 2.29. The van der Waals surface area contributed by atoms with Crippen molar-refractivity contribution in [1.29, 1.82) is 5.26 Å². The highest BCUT2D eigenvalue weighted by molar-refractivity contribution is 6.06. The van der Waals surface area contributed by atoms with Crippen molar-refractivity contribution in [1.82, 2.24) is 5.43 Å². The summed E-state index contributed by atoms with van der Waals surface area (Å²) in [6, 6.07) is 10.8. The van der Waals surface area contributed by atoms with Crippen LogP contribution in [0, 0.1) is 21.4 Å². The van der Waals surface area contributed by atoms with E-state index in [2.05, 4.69) is 10.5 Å². The summed E-state index contributed by atoms with van der Waals surface area (Å²) in [5.41, 5.74) is 0.323. The van der Waals surface area contributed by atoms with Crippen molar-refractivity contribution in [3.05, 3.63) is 79.7 Å². The number of fused-ring (bicyclic) bond motifs is 1. The molecule has 0 radical (unpaired) electrons. The average Bonchev–Trinajstić information content (AvgIpc) is 2.75. The van der Waals surface area contributed by atoms with Crippen molar-refractivity contribution in [2.45, 2.75) is 6.92 Å². The molecule has 0 unspecified atom stereocenters. The van der Waals surface area contributed by atoms with Crippen molar-refractivity contribution in [2.75, 3.05) is 0 Å². The molecular formula is C21H14N4O7. The van der Waals surface area contributed by atoms with Gasteiger partial charge >= 0.3 is 5.63 Å². The van der Waals surface area contributed by atoms with E-state index in [0.29, 0.717) is 0 Å². The number of amides is 1. The van der Waals surface area contributed by atoms with Gasteiger partial charge < -0.3 is 14.6 Å². The second kappa shape index (κ2) is 8.80. The molecular weight excluding hydrogens is 420 g/mol. The predicted molar refractivity (Wildman–Crippen MR) is 113 cm³/mol. The lowest BCUT2D eigenvalue weighted by molar-refractivity contribution is -0.384. The van der Waals surface area contributed by atoms with Gasteiger partial charge in [-0.1, -0.05) is 12.1 Å². The number of nitro benzene ring substituents is 1. The third-order valence-corrected chi connectivity index (χ3v) is 4.31. The van der Waals surface area contributed by atoms with Crippen LogP contribution in [0.25, 0.3) is 17.0 Å². The highest BCUT2D eigenvalue weighted by Gasteiger charge is 2.18. The fourth-order valence-electron chi connectivity index (χ4n) is 2.79. The number of phenols is 1. The van der Waals surface area contributed by atoms with E-state index in [9.17, 15) is 35.2 Å². The summed E-state index contributed by atoms with van der Waals surface area (Å²) in [7, 11) is 0. The van der Waals surface area contributed by atoms with Gasteiger partial charge in [-0.25, -0.2) is 10.2 Å². The number of aromatic hydroxyl groups is 2. The first-order valence-corrected chi connectivity index (χ1v) is 8.91. The molecule has 0 bridgehead atoms. The third kappa shape index (κ3) is 4.44. The molecule has 0 aliphatic rings. The lowest BCUT2D eigenvalue weighted by atomic mass is 10.1. The monoisotopic (exact) mass is 434 g/mol. The van der Waals surface area contributed by atoms with E-state index in [1.807, 2.05) is 0 Å². The molecule has 160 valence electrons. The van der Waals surface area contributed by atoms with Gasteiger partial charge in [0.05, 0.1) is 16.0 Å². The summed E-state index contributed by atoms with van der Waals surface area (Å²) < 4.78 is 5.07. The van der Waals surface area contributed by atoms with Crippen molar-refractivity contribution in [3.63, 3.8) is 0 Å². The molecule has 0 saturated heterocycles. The van der Waals surface area contributed by atoms with Crippen molar-refractivity contribution in [3.8, 4) is 17.6 Å². The molecule has 3 rings (SSSR count). The number of hydrogen-bond acceptors (Lipinski definition) is 9. The molecule has 11 heteroatoms. The van der Waals surface area contributed by atoms with Crippen LogP contribution in [0.1, 0.15) is 18.1 Å². The van der Waals surface area contributed by atoms with Gasteiger partial charge in [0.25, 0.3) is 11.6 Å². The van der Waals surface area contributed by atoms with Crippen LogP contribution in [-0.4, -0.2) is 26.8 Å². The topological polar surface area (TPSA) is 179 Å². The van der Waals surface area contributed by atoms with Gasteiger partial charge in [-0.05, 0) is 30.7 Å². The van der Waals surface area contributed by atoms with Gasteiger partial charge in [-0.2, -0.15) is 10.4 Å².